The second-order valence-electron chi connectivity index (χ2n) is 11.7. The van der Waals surface area contributed by atoms with Crippen molar-refractivity contribution in [1.29, 1.82) is 0 Å². The number of hydrogen-bond donors (Lipinski definition) is 1. The number of nitrogens with one attached hydrogen (secondary N) is 1. The molecule has 6 nitrogen and oxygen atoms in total. The van der Waals surface area contributed by atoms with Gasteiger partial charge in [0.1, 0.15) is 12.2 Å². The summed E-state index contributed by atoms with van der Waals surface area (Å²) in [6.07, 6.45) is 2.19. The summed E-state index contributed by atoms with van der Waals surface area (Å²) in [4.78, 5) is 23.0. The number of hydrogen-bond acceptors (Lipinski definition) is 6. The first-order valence-electron chi connectivity index (χ1n) is 11.2. The number of halogens is 1. The van der Waals surface area contributed by atoms with E-state index < -0.39 is 0 Å². The van der Waals surface area contributed by atoms with Crippen LogP contribution < -0.4 is 5.32 Å². The Morgan fingerprint density at radius 3 is 1.59 bits per heavy atom. The fourth-order valence-electron chi connectivity index (χ4n) is 4.67. The Labute approximate surface area is 199 Å². The normalized spacial score (nSPS) is 25.8. The van der Waals surface area contributed by atoms with Crippen molar-refractivity contribution in [2.45, 2.75) is 123 Å². The lowest BCUT2D eigenvalue weighted by Gasteiger charge is -2.45. The van der Waals surface area contributed by atoms with Gasteiger partial charge in [0, 0.05) is 47.0 Å². The van der Waals surface area contributed by atoms with Gasteiger partial charge in [-0.1, -0.05) is 13.2 Å². The molecule has 184 valence electrons. The van der Waals surface area contributed by atoms with Gasteiger partial charge in [0.2, 0.25) is 0 Å². The maximum atomic E-state index is 11.5. The minimum atomic E-state index is -0.365. The zero-order valence-electron chi connectivity index (χ0n) is 21.6. The molecule has 7 heteroatoms. The van der Waals surface area contributed by atoms with Crippen LogP contribution in [0.25, 0.3) is 0 Å². The van der Waals surface area contributed by atoms with Crippen molar-refractivity contribution in [1.82, 2.24) is 9.74 Å². The van der Waals surface area contributed by atoms with Crippen LogP contribution >= 0.6 is 11.8 Å². The Balaban J connectivity index is 0.000000320. The summed E-state index contributed by atoms with van der Waals surface area (Å²) < 4.78 is 12.6. The van der Waals surface area contributed by atoms with Crippen molar-refractivity contribution in [3.05, 3.63) is 24.3 Å². The first-order valence-corrected chi connectivity index (χ1v) is 11.5. The second kappa shape index (κ2) is 9.86. The SMILES string of the molecule is C=C(C)C(=O)OC1CC(C)(C)N(Cl)C1(C)C.C=C(C)C(=O)OC1CC(C)(C)NC(C)(C)C1. The zero-order valence-corrected chi connectivity index (χ0v) is 22.4. The van der Waals surface area contributed by atoms with Crippen LogP contribution in [0.1, 0.15) is 88.5 Å². The van der Waals surface area contributed by atoms with Crippen LogP contribution in [0.2, 0.25) is 0 Å². The van der Waals surface area contributed by atoms with Crippen LogP contribution in [0.15, 0.2) is 24.3 Å². The Morgan fingerprint density at radius 1 is 0.844 bits per heavy atom. The van der Waals surface area contributed by atoms with Gasteiger partial charge in [-0.05, 0) is 81.0 Å². The summed E-state index contributed by atoms with van der Waals surface area (Å²) in [5, 5.41) is 3.55. The molecular weight excluding hydrogens is 428 g/mol. The molecular formula is C25H43ClN2O4. The van der Waals surface area contributed by atoms with E-state index in [1.165, 1.54) is 0 Å². The molecule has 2 saturated heterocycles. The zero-order chi connectivity index (χ0) is 25.3. The van der Waals surface area contributed by atoms with Gasteiger partial charge < -0.3 is 14.8 Å². The van der Waals surface area contributed by atoms with E-state index in [9.17, 15) is 9.59 Å². The third kappa shape index (κ3) is 7.60. The molecule has 1 atom stereocenters. The average molecular weight is 471 g/mol. The highest BCUT2D eigenvalue weighted by atomic mass is 35.5. The third-order valence-electron chi connectivity index (χ3n) is 5.88. The van der Waals surface area contributed by atoms with Crippen molar-refractivity contribution in [2.75, 3.05) is 0 Å². The minimum Gasteiger partial charge on any atom is -0.459 e. The molecule has 2 aliphatic heterocycles. The van der Waals surface area contributed by atoms with Crippen molar-refractivity contribution < 1.29 is 19.1 Å². The van der Waals surface area contributed by atoms with E-state index in [1.807, 2.05) is 27.7 Å². The number of carbonyl (C=O) groups is 2. The monoisotopic (exact) mass is 470 g/mol. The van der Waals surface area contributed by atoms with E-state index >= 15 is 0 Å². The van der Waals surface area contributed by atoms with Crippen LogP contribution in [0.4, 0.5) is 0 Å². The molecule has 2 rings (SSSR count). The number of esters is 2. The van der Waals surface area contributed by atoms with Crippen LogP contribution in [0.5, 0.6) is 0 Å². The minimum absolute atomic E-state index is 0.00176. The van der Waals surface area contributed by atoms with E-state index in [0.717, 1.165) is 19.3 Å². The van der Waals surface area contributed by atoms with Gasteiger partial charge in [-0.25, -0.2) is 14.0 Å². The van der Waals surface area contributed by atoms with Crippen molar-refractivity contribution in [3.63, 3.8) is 0 Å². The van der Waals surface area contributed by atoms with Gasteiger partial charge in [-0.15, -0.1) is 0 Å². The Bertz CT molecular complexity index is 739. The van der Waals surface area contributed by atoms with E-state index in [0.29, 0.717) is 11.1 Å². The van der Waals surface area contributed by atoms with Crippen molar-refractivity contribution in [3.8, 4) is 0 Å². The highest BCUT2D eigenvalue weighted by Crippen LogP contribution is 2.44. The number of piperidine rings is 1. The molecule has 0 aromatic carbocycles. The summed E-state index contributed by atoms with van der Waals surface area (Å²) in [6.45, 7) is 27.1. The summed E-state index contributed by atoms with van der Waals surface area (Å²) in [5.74, 6) is -0.626. The lowest BCUT2D eigenvalue weighted by Crippen LogP contribution is -2.59. The van der Waals surface area contributed by atoms with E-state index in [4.69, 9.17) is 21.3 Å². The molecule has 0 aromatic rings. The molecule has 0 aliphatic carbocycles. The highest BCUT2D eigenvalue weighted by molar-refractivity contribution is 6.14. The van der Waals surface area contributed by atoms with Crippen LogP contribution in [0.3, 0.4) is 0 Å². The van der Waals surface area contributed by atoms with E-state index in [1.54, 1.807) is 18.3 Å². The number of carbonyl (C=O) groups excluding carboxylic acids is 2. The van der Waals surface area contributed by atoms with Gasteiger partial charge in [0.05, 0.1) is 5.54 Å². The second-order valence-corrected chi connectivity index (χ2v) is 12.1. The number of nitrogens with zero attached hydrogens (tertiary/aromatic N) is 1. The molecule has 2 aliphatic rings. The number of rotatable bonds is 4. The molecule has 2 fully saturated rings. The smallest absolute Gasteiger partial charge is 0.333 e. The lowest BCUT2D eigenvalue weighted by molar-refractivity contribution is -0.148. The van der Waals surface area contributed by atoms with E-state index in [-0.39, 0.29) is 46.3 Å². The van der Waals surface area contributed by atoms with Gasteiger partial charge in [-0.3, -0.25) is 0 Å². The quantitative estimate of drug-likeness (QED) is 0.341. The summed E-state index contributed by atoms with van der Waals surface area (Å²) in [5.41, 5.74) is 0.348. The molecule has 0 amide bonds. The third-order valence-corrected chi connectivity index (χ3v) is 6.78. The van der Waals surface area contributed by atoms with Crippen LogP contribution in [-0.2, 0) is 19.1 Å². The molecule has 0 bridgehead atoms. The topological polar surface area (TPSA) is 67.9 Å². The standard InChI is InChI=1S/C13H23NO2.C12H20ClNO2/c1-9(2)11(15)16-10-7-12(3,4)14-13(5,6)8-10;1-8(2)10(15)16-9-7-11(3,4)14(13)12(9,5)6/h10,14H,1,7-8H2,2-6H3;9H,1,7H2,2-6H3. The molecule has 32 heavy (non-hydrogen) atoms. The van der Waals surface area contributed by atoms with Gasteiger partial charge >= 0.3 is 11.9 Å². The largest absolute Gasteiger partial charge is 0.459 e. The van der Waals surface area contributed by atoms with Gasteiger partial charge in [0.25, 0.3) is 0 Å². The van der Waals surface area contributed by atoms with Crippen LogP contribution in [0, 0.1) is 0 Å². The summed E-state index contributed by atoms with van der Waals surface area (Å²) in [6, 6.07) is 0. The molecule has 0 spiro atoms. The van der Waals surface area contributed by atoms with Gasteiger partial charge in [0.15, 0.2) is 0 Å². The maximum Gasteiger partial charge on any atom is 0.333 e. The summed E-state index contributed by atoms with van der Waals surface area (Å²) >= 11 is 6.27. The molecule has 0 saturated carbocycles. The fourth-order valence-corrected chi connectivity index (χ4v) is 4.85. The molecule has 0 radical (unpaired) electrons. The molecule has 2 heterocycles. The molecule has 1 unspecified atom stereocenters. The Kier molecular flexibility index (Phi) is 8.83. The maximum absolute atomic E-state index is 11.5. The lowest BCUT2D eigenvalue weighted by atomic mass is 9.81. The van der Waals surface area contributed by atoms with Gasteiger partial charge in [-0.2, -0.15) is 0 Å². The average Bonchev–Trinajstić information content (AvgIpc) is 2.71. The highest BCUT2D eigenvalue weighted by Gasteiger charge is 2.53. The predicted molar refractivity (Wildman–Crippen MR) is 130 cm³/mol. The number of ether oxygens (including phenoxy) is 2. The van der Waals surface area contributed by atoms with Crippen molar-refractivity contribution in [2.24, 2.45) is 0 Å². The first-order chi connectivity index (χ1) is 14.2. The Hall–Kier alpha value is -1.37. The van der Waals surface area contributed by atoms with Crippen molar-refractivity contribution >= 4 is 23.7 Å². The Morgan fingerprint density at radius 2 is 1.25 bits per heavy atom. The van der Waals surface area contributed by atoms with Crippen LogP contribution in [-0.4, -0.2) is 50.7 Å². The first kappa shape index (κ1) is 28.7. The fraction of sp³-hybridized carbons (Fsp3) is 0.760. The molecule has 0 aromatic heterocycles. The van der Waals surface area contributed by atoms with E-state index in [2.05, 4.69) is 46.2 Å². The predicted octanol–water partition coefficient (Wildman–Crippen LogP) is 5.31. The molecule has 1 N–H and O–H groups in total. The summed E-state index contributed by atoms with van der Waals surface area (Å²) in [7, 11) is 0.